The number of aryl methyl sites for hydroxylation is 3. The van der Waals surface area contributed by atoms with Gasteiger partial charge in [-0.1, -0.05) is 17.3 Å². The molecular weight excluding hydrogens is 376 g/mol. The molecule has 0 saturated carbocycles. The van der Waals surface area contributed by atoms with Crippen molar-refractivity contribution in [3.63, 3.8) is 0 Å². The number of carbonyl (C=O) groups excluding carboxylic acids is 1. The summed E-state index contributed by atoms with van der Waals surface area (Å²) in [7, 11) is 0. The largest absolute Gasteiger partial charge is 0.493 e. The van der Waals surface area contributed by atoms with Gasteiger partial charge < -0.3 is 14.2 Å². The normalized spacial score (nSPS) is 14.2. The number of ether oxygens (including phenoxy) is 1. The lowest BCUT2D eigenvalue weighted by molar-refractivity contribution is 0.0573. The third-order valence-corrected chi connectivity index (χ3v) is 5.74. The van der Waals surface area contributed by atoms with Crippen molar-refractivity contribution in [2.75, 3.05) is 19.7 Å². The van der Waals surface area contributed by atoms with Crippen molar-refractivity contribution in [3.8, 4) is 5.75 Å². The van der Waals surface area contributed by atoms with Gasteiger partial charge in [-0.05, 0) is 38.5 Å². The van der Waals surface area contributed by atoms with E-state index in [1.807, 2.05) is 45.0 Å². The Bertz CT molecular complexity index is 991. The van der Waals surface area contributed by atoms with Crippen LogP contribution in [0.25, 0.3) is 0 Å². The Morgan fingerprint density at radius 2 is 2.11 bits per heavy atom. The topological polar surface area (TPSA) is 81.4 Å². The lowest BCUT2D eigenvalue weighted by Crippen LogP contribution is -2.48. The van der Waals surface area contributed by atoms with Gasteiger partial charge in [0.1, 0.15) is 10.6 Å². The van der Waals surface area contributed by atoms with Gasteiger partial charge in [-0.2, -0.15) is 4.98 Å². The summed E-state index contributed by atoms with van der Waals surface area (Å²) in [6.07, 6.45) is 0.576. The molecule has 4 rings (SSSR count). The molecule has 28 heavy (non-hydrogen) atoms. The Balaban J connectivity index is 1.27. The SMILES string of the molecule is Cc1cccc(OCCc2noc(C3CN(C(=O)c4sc(C)nc4C)C3)n2)c1. The molecule has 0 aliphatic carbocycles. The number of nitrogens with zero attached hydrogens (tertiary/aromatic N) is 4. The van der Waals surface area contributed by atoms with Crippen LogP contribution in [0.2, 0.25) is 0 Å². The fraction of sp³-hybridized carbons (Fsp3) is 0.400. The van der Waals surface area contributed by atoms with Gasteiger partial charge in [0.25, 0.3) is 5.91 Å². The molecule has 1 aliphatic heterocycles. The first-order chi connectivity index (χ1) is 13.5. The van der Waals surface area contributed by atoms with Crippen molar-refractivity contribution in [3.05, 3.63) is 57.1 Å². The third-order valence-electron chi connectivity index (χ3n) is 4.68. The van der Waals surface area contributed by atoms with Crippen LogP contribution >= 0.6 is 11.3 Å². The van der Waals surface area contributed by atoms with Crippen LogP contribution in [0, 0.1) is 20.8 Å². The quantitative estimate of drug-likeness (QED) is 0.634. The van der Waals surface area contributed by atoms with Gasteiger partial charge in [-0.25, -0.2) is 4.98 Å². The molecule has 146 valence electrons. The molecule has 8 heteroatoms. The number of aromatic nitrogens is 3. The minimum absolute atomic E-state index is 0.0330. The fourth-order valence-electron chi connectivity index (χ4n) is 3.17. The summed E-state index contributed by atoms with van der Waals surface area (Å²) in [5, 5.41) is 4.95. The Hall–Kier alpha value is -2.74. The first-order valence-electron chi connectivity index (χ1n) is 9.25. The van der Waals surface area contributed by atoms with Crippen LogP contribution < -0.4 is 4.74 Å². The molecule has 1 aromatic carbocycles. The number of hydrogen-bond donors (Lipinski definition) is 0. The maximum atomic E-state index is 12.6. The van der Waals surface area contributed by atoms with E-state index >= 15 is 0 Å². The minimum Gasteiger partial charge on any atom is -0.493 e. The number of carbonyl (C=O) groups is 1. The molecule has 7 nitrogen and oxygen atoms in total. The highest BCUT2D eigenvalue weighted by Gasteiger charge is 2.37. The average Bonchev–Trinajstić information content (AvgIpc) is 3.20. The van der Waals surface area contributed by atoms with Crippen LogP contribution in [-0.2, 0) is 6.42 Å². The first kappa shape index (κ1) is 18.6. The summed E-state index contributed by atoms with van der Waals surface area (Å²) in [6, 6.07) is 7.92. The predicted molar refractivity (Wildman–Crippen MR) is 105 cm³/mol. The Kier molecular flexibility index (Phi) is 5.13. The smallest absolute Gasteiger partial charge is 0.265 e. The molecule has 2 aromatic heterocycles. The second kappa shape index (κ2) is 7.71. The van der Waals surface area contributed by atoms with E-state index in [9.17, 15) is 4.79 Å². The zero-order chi connectivity index (χ0) is 19.7. The van der Waals surface area contributed by atoms with Crippen molar-refractivity contribution in [1.82, 2.24) is 20.0 Å². The van der Waals surface area contributed by atoms with Crippen LogP contribution in [0.5, 0.6) is 5.75 Å². The van der Waals surface area contributed by atoms with Gasteiger partial charge in [-0.3, -0.25) is 4.79 Å². The molecule has 0 bridgehead atoms. The molecule has 1 aliphatic rings. The van der Waals surface area contributed by atoms with E-state index in [4.69, 9.17) is 9.26 Å². The zero-order valence-corrected chi connectivity index (χ0v) is 17.0. The molecule has 0 spiro atoms. The van der Waals surface area contributed by atoms with E-state index in [0.29, 0.717) is 37.8 Å². The van der Waals surface area contributed by atoms with Gasteiger partial charge in [0, 0.05) is 19.5 Å². The number of benzene rings is 1. The van der Waals surface area contributed by atoms with E-state index in [1.165, 1.54) is 11.3 Å². The maximum absolute atomic E-state index is 12.6. The summed E-state index contributed by atoms with van der Waals surface area (Å²) in [4.78, 5) is 23.9. The zero-order valence-electron chi connectivity index (χ0n) is 16.1. The number of amides is 1. The standard InChI is InChI=1S/C20H22N4O3S/c1-12-5-4-6-16(9-12)26-8-7-17-22-19(27-23-17)15-10-24(11-15)20(25)18-13(2)21-14(3)28-18/h4-6,9,15H,7-8,10-11H2,1-3H3. The van der Waals surface area contributed by atoms with Crippen molar-refractivity contribution < 1.29 is 14.1 Å². The molecule has 0 unspecified atom stereocenters. The van der Waals surface area contributed by atoms with Gasteiger partial charge in [0.15, 0.2) is 5.82 Å². The van der Waals surface area contributed by atoms with Gasteiger partial charge in [-0.15, -0.1) is 11.3 Å². The fourth-order valence-corrected chi connectivity index (χ4v) is 4.06. The van der Waals surface area contributed by atoms with Gasteiger partial charge >= 0.3 is 0 Å². The van der Waals surface area contributed by atoms with Crippen molar-refractivity contribution >= 4 is 17.2 Å². The van der Waals surface area contributed by atoms with Gasteiger partial charge in [0.05, 0.1) is 23.2 Å². The lowest BCUT2D eigenvalue weighted by Gasteiger charge is -2.36. The van der Waals surface area contributed by atoms with E-state index in [2.05, 4.69) is 15.1 Å². The predicted octanol–water partition coefficient (Wildman–Crippen LogP) is 3.31. The Labute approximate surface area is 167 Å². The second-order valence-electron chi connectivity index (χ2n) is 7.02. The average molecular weight is 398 g/mol. The number of rotatable bonds is 6. The van der Waals surface area contributed by atoms with E-state index in [-0.39, 0.29) is 11.8 Å². The van der Waals surface area contributed by atoms with Crippen LogP contribution in [0.4, 0.5) is 0 Å². The van der Waals surface area contributed by atoms with Gasteiger partial charge in [0.2, 0.25) is 5.89 Å². The molecule has 3 aromatic rings. The highest BCUT2D eigenvalue weighted by atomic mass is 32.1. The highest BCUT2D eigenvalue weighted by Crippen LogP contribution is 2.29. The maximum Gasteiger partial charge on any atom is 0.265 e. The Morgan fingerprint density at radius 3 is 2.82 bits per heavy atom. The first-order valence-corrected chi connectivity index (χ1v) is 10.1. The van der Waals surface area contributed by atoms with E-state index in [1.54, 1.807) is 4.90 Å². The molecule has 1 amide bonds. The van der Waals surface area contributed by atoms with Crippen molar-refractivity contribution in [2.24, 2.45) is 0 Å². The number of hydrogen-bond acceptors (Lipinski definition) is 7. The van der Waals surface area contributed by atoms with Crippen LogP contribution in [0.15, 0.2) is 28.8 Å². The van der Waals surface area contributed by atoms with Crippen LogP contribution in [0.1, 0.15) is 43.6 Å². The van der Waals surface area contributed by atoms with Crippen LogP contribution in [0.3, 0.4) is 0 Å². The van der Waals surface area contributed by atoms with E-state index < -0.39 is 0 Å². The van der Waals surface area contributed by atoms with Crippen molar-refractivity contribution in [1.29, 1.82) is 0 Å². The van der Waals surface area contributed by atoms with Crippen molar-refractivity contribution in [2.45, 2.75) is 33.1 Å². The molecule has 3 heterocycles. The lowest BCUT2D eigenvalue weighted by atomic mass is 10.00. The summed E-state index contributed by atoms with van der Waals surface area (Å²) in [5.74, 6) is 2.18. The molecule has 1 saturated heterocycles. The molecule has 0 N–H and O–H groups in total. The number of likely N-dealkylation sites (tertiary alicyclic amines) is 1. The van der Waals surface area contributed by atoms with E-state index in [0.717, 1.165) is 26.9 Å². The monoisotopic (exact) mass is 398 g/mol. The Morgan fingerprint density at radius 1 is 1.29 bits per heavy atom. The summed E-state index contributed by atoms with van der Waals surface area (Å²) >= 11 is 1.44. The minimum atomic E-state index is 0.0330. The molecule has 0 atom stereocenters. The summed E-state index contributed by atoms with van der Waals surface area (Å²) < 4.78 is 11.1. The third kappa shape index (κ3) is 3.91. The molecule has 1 fully saturated rings. The van der Waals surface area contributed by atoms with Crippen LogP contribution in [-0.4, -0.2) is 45.6 Å². The summed E-state index contributed by atoms with van der Waals surface area (Å²) in [5.41, 5.74) is 1.96. The summed E-state index contributed by atoms with van der Waals surface area (Å²) in [6.45, 7) is 7.49. The highest BCUT2D eigenvalue weighted by molar-refractivity contribution is 7.13. The molecular formula is C20H22N4O3S. The molecule has 0 radical (unpaired) electrons. The number of thiazole rings is 1. The second-order valence-corrected chi connectivity index (χ2v) is 8.22.